The number of halogens is 1. The predicted octanol–water partition coefficient (Wildman–Crippen LogP) is 2.79. The van der Waals surface area contributed by atoms with Gasteiger partial charge in [-0.1, -0.05) is 24.4 Å². The van der Waals surface area contributed by atoms with E-state index in [9.17, 15) is 0 Å². The Balaban J connectivity index is 2.53. The molecule has 0 heterocycles. The van der Waals surface area contributed by atoms with E-state index in [1.807, 2.05) is 0 Å². The summed E-state index contributed by atoms with van der Waals surface area (Å²) in [5.41, 5.74) is 6.87. The Morgan fingerprint density at radius 3 is 2.50 bits per heavy atom. The highest BCUT2D eigenvalue weighted by atomic mass is 127. The third-order valence-corrected chi connectivity index (χ3v) is 3.48. The summed E-state index contributed by atoms with van der Waals surface area (Å²) in [6.07, 6.45) is 0.774. The van der Waals surface area contributed by atoms with Crippen molar-refractivity contribution >= 4 is 39.8 Å². The number of thiocarbonyl (C=S) groups is 1. The van der Waals surface area contributed by atoms with Gasteiger partial charge in [-0.2, -0.15) is 0 Å². The number of hydrogen-bond donors (Lipinski definition) is 1. The second-order valence-electron chi connectivity index (χ2n) is 4.06. The Kier molecular flexibility index (Phi) is 5.64. The highest BCUT2D eigenvalue weighted by molar-refractivity contribution is 14.1. The summed E-state index contributed by atoms with van der Waals surface area (Å²) < 4.78 is 1.26. The van der Waals surface area contributed by atoms with E-state index in [0.29, 0.717) is 11.0 Å². The zero-order chi connectivity index (χ0) is 12.1. The SMILES string of the molecule is CC(CC(N)=S)N(C)Cc1ccc(I)cc1. The molecular formula is C12H17IN2S. The van der Waals surface area contributed by atoms with Gasteiger partial charge in [0.1, 0.15) is 0 Å². The molecule has 4 heteroatoms. The van der Waals surface area contributed by atoms with E-state index in [4.69, 9.17) is 18.0 Å². The minimum absolute atomic E-state index is 0.386. The van der Waals surface area contributed by atoms with Crippen molar-refractivity contribution in [1.82, 2.24) is 4.90 Å². The molecule has 0 spiro atoms. The van der Waals surface area contributed by atoms with Crippen molar-refractivity contribution in [3.05, 3.63) is 33.4 Å². The zero-order valence-electron chi connectivity index (χ0n) is 9.61. The van der Waals surface area contributed by atoms with Crippen LogP contribution in [0.4, 0.5) is 0 Å². The standard InChI is InChI=1S/C12H17IN2S/c1-9(7-12(14)16)15(2)8-10-3-5-11(13)6-4-10/h3-6,9H,7-8H2,1-2H3,(H2,14,16). The van der Waals surface area contributed by atoms with Crippen molar-refractivity contribution in [2.45, 2.75) is 25.9 Å². The van der Waals surface area contributed by atoms with Crippen LogP contribution in [0.1, 0.15) is 18.9 Å². The summed E-state index contributed by atoms with van der Waals surface area (Å²) in [6, 6.07) is 8.96. The van der Waals surface area contributed by atoms with Crippen LogP contribution in [0.15, 0.2) is 24.3 Å². The molecule has 1 unspecified atom stereocenters. The van der Waals surface area contributed by atoms with E-state index in [1.165, 1.54) is 9.13 Å². The van der Waals surface area contributed by atoms with Crippen LogP contribution >= 0.6 is 34.8 Å². The molecule has 0 aliphatic rings. The number of nitrogens with zero attached hydrogens (tertiary/aromatic N) is 1. The minimum Gasteiger partial charge on any atom is -0.393 e. The lowest BCUT2D eigenvalue weighted by Gasteiger charge is -2.24. The molecule has 0 saturated heterocycles. The lowest BCUT2D eigenvalue weighted by molar-refractivity contribution is 0.255. The summed E-state index contributed by atoms with van der Waals surface area (Å²) in [5, 5.41) is 0. The molecule has 1 atom stereocenters. The van der Waals surface area contributed by atoms with Gasteiger partial charge in [-0.05, 0) is 54.3 Å². The Bertz CT molecular complexity index is 351. The molecule has 16 heavy (non-hydrogen) atoms. The van der Waals surface area contributed by atoms with Crippen molar-refractivity contribution in [2.24, 2.45) is 5.73 Å². The van der Waals surface area contributed by atoms with Crippen molar-refractivity contribution in [3.63, 3.8) is 0 Å². The first-order valence-corrected chi connectivity index (χ1v) is 6.70. The molecule has 1 aromatic carbocycles. The summed E-state index contributed by atoms with van der Waals surface area (Å²) in [7, 11) is 2.10. The van der Waals surface area contributed by atoms with Crippen LogP contribution in [0.25, 0.3) is 0 Å². The smallest absolute Gasteiger partial charge is 0.0742 e. The molecule has 88 valence electrons. The van der Waals surface area contributed by atoms with Crippen LogP contribution in [0.2, 0.25) is 0 Å². The molecule has 1 rings (SSSR count). The molecule has 1 aromatic rings. The first kappa shape index (κ1) is 13.9. The second-order valence-corrected chi connectivity index (χ2v) is 5.83. The van der Waals surface area contributed by atoms with Crippen molar-refractivity contribution in [3.8, 4) is 0 Å². The van der Waals surface area contributed by atoms with Crippen molar-refractivity contribution in [2.75, 3.05) is 7.05 Å². The lowest BCUT2D eigenvalue weighted by atomic mass is 10.1. The van der Waals surface area contributed by atoms with E-state index in [-0.39, 0.29) is 0 Å². The van der Waals surface area contributed by atoms with Crippen LogP contribution in [0.5, 0.6) is 0 Å². The average molecular weight is 348 g/mol. The van der Waals surface area contributed by atoms with Crippen LogP contribution in [0, 0.1) is 3.57 Å². The van der Waals surface area contributed by atoms with Gasteiger partial charge < -0.3 is 5.73 Å². The summed E-state index contributed by atoms with van der Waals surface area (Å²) in [5.74, 6) is 0. The molecule has 2 nitrogen and oxygen atoms in total. The van der Waals surface area contributed by atoms with E-state index in [1.54, 1.807) is 0 Å². The molecule has 0 saturated carbocycles. The van der Waals surface area contributed by atoms with Crippen LogP contribution in [-0.2, 0) is 6.54 Å². The molecule has 0 aliphatic heterocycles. The monoisotopic (exact) mass is 348 g/mol. The minimum atomic E-state index is 0.386. The highest BCUT2D eigenvalue weighted by Gasteiger charge is 2.10. The van der Waals surface area contributed by atoms with Gasteiger partial charge in [0.25, 0.3) is 0 Å². The molecule has 0 bridgehead atoms. The van der Waals surface area contributed by atoms with Gasteiger partial charge in [0.05, 0.1) is 4.99 Å². The van der Waals surface area contributed by atoms with E-state index in [0.717, 1.165) is 13.0 Å². The van der Waals surface area contributed by atoms with Crippen molar-refractivity contribution < 1.29 is 0 Å². The van der Waals surface area contributed by atoms with E-state index < -0.39 is 0 Å². The topological polar surface area (TPSA) is 29.3 Å². The largest absolute Gasteiger partial charge is 0.393 e. The number of benzene rings is 1. The molecule has 2 N–H and O–H groups in total. The normalized spacial score (nSPS) is 12.8. The first-order valence-electron chi connectivity index (χ1n) is 5.22. The Labute approximate surface area is 116 Å². The van der Waals surface area contributed by atoms with Gasteiger partial charge in [0.15, 0.2) is 0 Å². The van der Waals surface area contributed by atoms with Gasteiger partial charge in [0.2, 0.25) is 0 Å². The fraction of sp³-hybridized carbons (Fsp3) is 0.417. The predicted molar refractivity (Wildman–Crippen MR) is 81.5 cm³/mol. The highest BCUT2D eigenvalue weighted by Crippen LogP contribution is 2.11. The maximum Gasteiger partial charge on any atom is 0.0742 e. The van der Waals surface area contributed by atoms with Crippen LogP contribution in [-0.4, -0.2) is 23.0 Å². The third-order valence-electron chi connectivity index (χ3n) is 2.59. The molecular weight excluding hydrogens is 331 g/mol. The Hall–Kier alpha value is -0.200. The number of hydrogen-bond acceptors (Lipinski definition) is 2. The summed E-state index contributed by atoms with van der Waals surface area (Å²) >= 11 is 7.24. The zero-order valence-corrected chi connectivity index (χ0v) is 12.6. The number of nitrogens with two attached hydrogens (primary N) is 1. The molecule has 0 amide bonds. The molecule has 0 aromatic heterocycles. The van der Waals surface area contributed by atoms with E-state index >= 15 is 0 Å². The van der Waals surface area contributed by atoms with Crippen LogP contribution in [0.3, 0.4) is 0 Å². The van der Waals surface area contributed by atoms with Crippen LogP contribution < -0.4 is 5.73 Å². The maximum atomic E-state index is 5.55. The van der Waals surface area contributed by atoms with Gasteiger partial charge in [0, 0.05) is 22.6 Å². The maximum absolute atomic E-state index is 5.55. The fourth-order valence-electron chi connectivity index (χ4n) is 1.48. The van der Waals surface area contributed by atoms with E-state index in [2.05, 4.69) is 65.7 Å². The molecule has 0 aliphatic carbocycles. The summed E-state index contributed by atoms with van der Waals surface area (Å²) in [4.78, 5) is 2.85. The number of rotatable bonds is 5. The fourth-order valence-corrected chi connectivity index (χ4v) is 2.08. The van der Waals surface area contributed by atoms with Gasteiger partial charge in [-0.3, -0.25) is 4.90 Å². The molecule has 0 fully saturated rings. The lowest BCUT2D eigenvalue weighted by Crippen LogP contribution is -2.32. The Morgan fingerprint density at radius 1 is 1.44 bits per heavy atom. The Morgan fingerprint density at radius 2 is 2.00 bits per heavy atom. The van der Waals surface area contributed by atoms with Gasteiger partial charge in [-0.15, -0.1) is 0 Å². The third kappa shape index (κ3) is 4.76. The average Bonchev–Trinajstić information content (AvgIpc) is 2.20. The van der Waals surface area contributed by atoms with Crippen molar-refractivity contribution in [1.29, 1.82) is 0 Å². The first-order chi connectivity index (χ1) is 7.49. The summed E-state index contributed by atoms with van der Waals surface area (Å²) in [6.45, 7) is 3.08. The second kappa shape index (κ2) is 6.51. The van der Waals surface area contributed by atoms with Gasteiger partial charge >= 0.3 is 0 Å². The van der Waals surface area contributed by atoms with Gasteiger partial charge in [-0.25, -0.2) is 0 Å². The quantitative estimate of drug-likeness (QED) is 0.656. The molecule has 0 radical (unpaired) electrons.